The number of aliphatic hydroxyl groups is 3. The van der Waals surface area contributed by atoms with Crippen LogP contribution in [0.25, 0.3) is 11.1 Å². The first-order valence-corrected chi connectivity index (χ1v) is 13.2. The number of nitrogens with one attached hydrogen (secondary N) is 1. The van der Waals surface area contributed by atoms with Crippen molar-refractivity contribution in [2.24, 2.45) is 0 Å². The molecule has 0 aromatic heterocycles. The summed E-state index contributed by atoms with van der Waals surface area (Å²) in [6.07, 6.45) is -7.72. The summed E-state index contributed by atoms with van der Waals surface area (Å²) < 4.78 is 16.9. The van der Waals surface area contributed by atoms with Gasteiger partial charge in [-0.15, -0.1) is 0 Å². The van der Waals surface area contributed by atoms with Crippen molar-refractivity contribution in [1.82, 2.24) is 5.32 Å². The van der Waals surface area contributed by atoms with Crippen LogP contribution >= 0.6 is 0 Å². The van der Waals surface area contributed by atoms with Crippen LogP contribution in [0.2, 0.25) is 0 Å². The zero-order valence-electron chi connectivity index (χ0n) is 22.4. The molecule has 0 bridgehead atoms. The van der Waals surface area contributed by atoms with Gasteiger partial charge in [0.05, 0.1) is 0 Å². The Kier molecular flexibility index (Phi) is 9.92. The Labute approximate surface area is 233 Å². The van der Waals surface area contributed by atoms with Gasteiger partial charge in [0.15, 0.2) is 6.10 Å². The van der Waals surface area contributed by atoms with Gasteiger partial charge in [0.2, 0.25) is 6.29 Å². The Morgan fingerprint density at radius 1 is 0.850 bits per heavy atom. The number of carbonyl (C=O) groups is 1. The van der Waals surface area contributed by atoms with E-state index < -0.39 is 36.7 Å². The van der Waals surface area contributed by atoms with Gasteiger partial charge < -0.3 is 40.0 Å². The second kappa shape index (κ2) is 13.6. The summed E-state index contributed by atoms with van der Waals surface area (Å²) in [5.74, 6) is -0.424. The number of aliphatic carboxylic acids is 1. The van der Waals surface area contributed by atoms with E-state index in [9.17, 15) is 25.2 Å². The van der Waals surface area contributed by atoms with Crippen molar-refractivity contribution in [3.63, 3.8) is 0 Å². The van der Waals surface area contributed by atoms with Crippen LogP contribution in [0.4, 0.5) is 0 Å². The lowest BCUT2D eigenvalue weighted by molar-refractivity contribution is -0.271. The van der Waals surface area contributed by atoms with Gasteiger partial charge in [-0.05, 0) is 65.6 Å². The first-order chi connectivity index (χ1) is 19.3. The van der Waals surface area contributed by atoms with E-state index in [-0.39, 0.29) is 0 Å². The fourth-order valence-electron chi connectivity index (χ4n) is 4.68. The molecule has 0 saturated carbocycles. The van der Waals surface area contributed by atoms with Crippen LogP contribution in [0.3, 0.4) is 0 Å². The number of rotatable bonds is 11. The summed E-state index contributed by atoms with van der Waals surface area (Å²) in [6.45, 7) is 3.37. The molecule has 1 aliphatic heterocycles. The summed E-state index contributed by atoms with van der Waals surface area (Å²) in [4.78, 5) is 11.5. The highest BCUT2D eigenvalue weighted by molar-refractivity contribution is 5.98. The van der Waals surface area contributed by atoms with Gasteiger partial charge in [-0.3, -0.25) is 0 Å². The molecule has 1 heterocycles. The Morgan fingerprint density at radius 2 is 1.55 bits per heavy atom. The Morgan fingerprint density at radius 3 is 2.20 bits per heavy atom. The van der Waals surface area contributed by atoms with Gasteiger partial charge >= 0.3 is 5.97 Å². The molecule has 4 rings (SSSR count). The first kappa shape index (κ1) is 29.3. The van der Waals surface area contributed by atoms with Crippen LogP contribution in [0.1, 0.15) is 30.0 Å². The number of hydrogen-bond acceptors (Lipinski definition) is 8. The molecule has 0 amide bonds. The van der Waals surface area contributed by atoms with Gasteiger partial charge in [0.1, 0.15) is 36.4 Å². The van der Waals surface area contributed by atoms with Crippen molar-refractivity contribution < 1.29 is 39.4 Å². The van der Waals surface area contributed by atoms with E-state index in [2.05, 4.69) is 24.4 Å². The second-order valence-corrected chi connectivity index (χ2v) is 9.43. The van der Waals surface area contributed by atoms with Crippen molar-refractivity contribution >= 4 is 17.1 Å². The van der Waals surface area contributed by atoms with E-state index in [1.165, 1.54) is 0 Å². The molecule has 1 aliphatic rings. The van der Waals surface area contributed by atoms with Gasteiger partial charge in [-0.25, -0.2) is 4.79 Å². The minimum atomic E-state index is -1.80. The van der Waals surface area contributed by atoms with Crippen LogP contribution < -0.4 is 14.8 Å². The molecule has 0 unspecified atom stereocenters. The van der Waals surface area contributed by atoms with Crippen LogP contribution in [-0.4, -0.2) is 77.3 Å². The Bertz CT molecular complexity index is 1290. The second-order valence-electron chi connectivity index (χ2n) is 9.43. The molecule has 3 aromatic carbocycles. The lowest BCUT2D eigenvalue weighted by Crippen LogP contribution is -2.61. The van der Waals surface area contributed by atoms with Crippen LogP contribution in [0.15, 0.2) is 78.9 Å². The van der Waals surface area contributed by atoms with Crippen LogP contribution in [-0.2, 0) is 9.53 Å². The minimum absolute atomic E-state index is 0.294. The number of benzene rings is 3. The van der Waals surface area contributed by atoms with Gasteiger partial charge in [-0.1, -0.05) is 61.5 Å². The molecule has 3 aromatic rings. The maximum Gasteiger partial charge on any atom is 0.335 e. The molecule has 0 spiro atoms. The molecule has 9 heteroatoms. The highest BCUT2D eigenvalue weighted by Gasteiger charge is 2.48. The molecule has 5 N–H and O–H groups in total. The summed E-state index contributed by atoms with van der Waals surface area (Å²) in [5, 5.41) is 43.0. The third-order valence-electron chi connectivity index (χ3n) is 6.73. The van der Waals surface area contributed by atoms with Crippen LogP contribution in [0, 0.1) is 0 Å². The number of likely N-dealkylation sites (N-methyl/N-ethyl adjacent to an activating group) is 1. The predicted octanol–water partition coefficient (Wildman–Crippen LogP) is 2.92. The van der Waals surface area contributed by atoms with Crippen molar-refractivity contribution in [2.75, 3.05) is 20.2 Å². The average Bonchev–Trinajstić information content (AvgIpc) is 2.97. The number of carboxylic acids is 1. The van der Waals surface area contributed by atoms with E-state index in [1.807, 2.05) is 55.6 Å². The fourth-order valence-corrected chi connectivity index (χ4v) is 4.68. The van der Waals surface area contributed by atoms with Crippen LogP contribution in [0.5, 0.6) is 11.5 Å². The fraction of sp³-hybridized carbons (Fsp3) is 0.323. The van der Waals surface area contributed by atoms with E-state index >= 15 is 0 Å². The zero-order valence-corrected chi connectivity index (χ0v) is 22.4. The summed E-state index contributed by atoms with van der Waals surface area (Å²) in [7, 11) is 1.87. The highest BCUT2D eigenvalue weighted by Crippen LogP contribution is 2.36. The third-order valence-corrected chi connectivity index (χ3v) is 6.73. The smallest absolute Gasteiger partial charge is 0.335 e. The molecular weight excluding hydrogens is 514 g/mol. The quantitative estimate of drug-likeness (QED) is 0.181. The first-order valence-electron chi connectivity index (χ1n) is 13.2. The SMILES string of the molecule is CC/C(=C(/c1ccc(OCCNC)cc1)c1cccc(O[C@@H]2O[C@H](C(=O)O)[C@@H](O)[C@H](O)[C@H]2O)c1)c1ccccc1. The Hall–Kier alpha value is -3.73. The molecule has 212 valence electrons. The van der Waals surface area contributed by atoms with Crippen molar-refractivity contribution in [3.05, 3.63) is 95.6 Å². The number of hydrogen-bond donors (Lipinski definition) is 5. The van der Waals surface area contributed by atoms with E-state index in [0.29, 0.717) is 12.4 Å². The van der Waals surface area contributed by atoms with E-state index in [1.54, 1.807) is 18.2 Å². The normalized spacial score (nSPS) is 23.3. The maximum absolute atomic E-state index is 11.5. The van der Waals surface area contributed by atoms with Gasteiger partial charge in [0.25, 0.3) is 0 Å². The minimum Gasteiger partial charge on any atom is -0.492 e. The molecule has 0 aliphatic carbocycles. The number of ether oxygens (including phenoxy) is 3. The summed E-state index contributed by atoms with van der Waals surface area (Å²) in [5.41, 5.74) is 4.90. The lowest BCUT2D eigenvalue weighted by atomic mass is 9.88. The highest BCUT2D eigenvalue weighted by atomic mass is 16.7. The molecule has 5 atom stereocenters. The standard InChI is InChI=1S/C31H35NO8/c1-3-24(19-8-5-4-6-9-19)25(20-12-14-22(15-13-20)38-17-16-32-2)21-10-7-11-23(18-21)39-31-28(35)26(33)27(34)29(40-31)30(36)37/h4-15,18,26-29,31-35H,3,16-17H2,1-2H3,(H,36,37)/b25-24+/t26-,27-,28+,29-,31+/m0/s1. The Balaban J connectivity index is 1.71. The summed E-state index contributed by atoms with van der Waals surface area (Å²) in [6, 6.07) is 25.0. The van der Waals surface area contributed by atoms with E-state index in [0.717, 1.165) is 46.6 Å². The lowest BCUT2D eigenvalue weighted by Gasteiger charge is -2.38. The third kappa shape index (κ3) is 6.70. The summed E-state index contributed by atoms with van der Waals surface area (Å²) >= 11 is 0. The van der Waals surface area contributed by atoms with E-state index in [4.69, 9.17) is 14.2 Å². The van der Waals surface area contributed by atoms with Crippen molar-refractivity contribution in [2.45, 2.75) is 44.1 Å². The average molecular weight is 550 g/mol. The van der Waals surface area contributed by atoms with Gasteiger partial charge in [-0.2, -0.15) is 0 Å². The molecule has 40 heavy (non-hydrogen) atoms. The molecule has 1 fully saturated rings. The molecule has 9 nitrogen and oxygen atoms in total. The maximum atomic E-state index is 11.5. The number of allylic oxidation sites excluding steroid dienone is 1. The number of aliphatic hydroxyl groups excluding tert-OH is 3. The van der Waals surface area contributed by atoms with Gasteiger partial charge in [0, 0.05) is 6.54 Å². The van der Waals surface area contributed by atoms with Crippen molar-refractivity contribution in [3.8, 4) is 11.5 Å². The predicted molar refractivity (Wildman–Crippen MR) is 150 cm³/mol. The van der Waals surface area contributed by atoms with Crippen molar-refractivity contribution in [1.29, 1.82) is 0 Å². The zero-order chi connectivity index (χ0) is 28.6. The largest absolute Gasteiger partial charge is 0.492 e. The molecular formula is C31H35NO8. The topological polar surface area (TPSA) is 138 Å². The monoisotopic (exact) mass is 549 g/mol. The number of carboxylic acid groups (broad SMARTS) is 1. The molecule has 1 saturated heterocycles. The molecule has 0 radical (unpaired) electrons.